The number of carboxylic acid groups (broad SMARTS) is 2. The smallest absolute Gasteiger partial charge is 0.306 e. The molecular weight excluding hydrogens is 390 g/mol. The maximum Gasteiger partial charge on any atom is 0.306 e. The number of hydrogen-bond donors (Lipinski definition) is 6. The standard InChI is InChI=1S/C10H18NO12S2/c12-5(1-9(14)15)7(24(18,19)20)3-11-4-8(25(21,22)23)6(13)2-10(16)17/h5-8,12-13H,1-4H2,(H,14,15)(H,16,17)(H,18,19,20)(H,21,22,23). The van der Waals surface area contributed by atoms with Crippen LogP contribution in [-0.4, -0.2) is 94.1 Å². The summed E-state index contributed by atoms with van der Waals surface area (Å²) in [4.78, 5) is 21.0. The molecule has 0 spiro atoms. The van der Waals surface area contributed by atoms with Crippen LogP contribution < -0.4 is 5.32 Å². The van der Waals surface area contributed by atoms with E-state index in [1.165, 1.54) is 0 Å². The number of hydrogen-bond acceptors (Lipinski definition) is 8. The third-order valence-electron chi connectivity index (χ3n) is 3.01. The van der Waals surface area contributed by atoms with E-state index < -0.39 is 80.8 Å². The molecule has 4 atom stereocenters. The first kappa shape index (κ1) is 23.6. The average Bonchev–Trinajstić information content (AvgIpc) is 2.32. The van der Waals surface area contributed by atoms with E-state index in [1.807, 2.05) is 0 Å². The van der Waals surface area contributed by atoms with Crippen LogP contribution >= 0.6 is 0 Å². The van der Waals surface area contributed by atoms with Crippen LogP contribution in [0, 0.1) is 0 Å². The van der Waals surface area contributed by atoms with Crippen molar-refractivity contribution in [3.05, 3.63) is 0 Å². The molecule has 6 N–H and O–H groups in total. The summed E-state index contributed by atoms with van der Waals surface area (Å²) in [6, 6.07) is 0. The predicted molar refractivity (Wildman–Crippen MR) is 79.1 cm³/mol. The molecule has 0 rings (SSSR count). The van der Waals surface area contributed by atoms with Gasteiger partial charge in [-0.15, -0.1) is 0 Å². The summed E-state index contributed by atoms with van der Waals surface area (Å²) in [5.41, 5.74) is 0. The molecular formula is C10H18NO12S2. The lowest BCUT2D eigenvalue weighted by Gasteiger charge is -2.21. The lowest BCUT2D eigenvalue weighted by Crippen LogP contribution is -2.45. The fourth-order valence-electron chi connectivity index (χ4n) is 1.78. The van der Waals surface area contributed by atoms with Gasteiger partial charge in [0.2, 0.25) is 0 Å². The molecule has 147 valence electrons. The van der Waals surface area contributed by atoms with E-state index in [0.29, 0.717) is 0 Å². The van der Waals surface area contributed by atoms with E-state index in [9.17, 15) is 36.6 Å². The first-order chi connectivity index (χ1) is 11.2. The van der Waals surface area contributed by atoms with Crippen LogP contribution in [0.4, 0.5) is 0 Å². The van der Waals surface area contributed by atoms with Crippen molar-refractivity contribution < 1.29 is 56.0 Å². The highest BCUT2D eigenvalue weighted by Crippen LogP contribution is 2.11. The molecule has 4 unspecified atom stereocenters. The molecule has 1 radical (unpaired) electrons. The quantitative estimate of drug-likeness (QED) is 0.175. The second kappa shape index (κ2) is 9.37. The average molecular weight is 408 g/mol. The Morgan fingerprint density at radius 2 is 1.04 bits per heavy atom. The summed E-state index contributed by atoms with van der Waals surface area (Å²) in [6.07, 6.45) is -6.24. The number of carbonyl (C=O) groups is 2. The fraction of sp³-hybridized carbons (Fsp3) is 0.800. The van der Waals surface area contributed by atoms with Crippen LogP contribution in [0.3, 0.4) is 0 Å². The summed E-state index contributed by atoms with van der Waals surface area (Å²) in [5, 5.41) is 35.2. The summed E-state index contributed by atoms with van der Waals surface area (Å²) < 4.78 is 62.6. The Morgan fingerprint density at radius 1 is 0.760 bits per heavy atom. The van der Waals surface area contributed by atoms with Crippen LogP contribution in [-0.2, 0) is 29.8 Å². The Kier molecular flexibility index (Phi) is 8.86. The van der Waals surface area contributed by atoms with Gasteiger partial charge in [-0.05, 0) is 0 Å². The number of nitrogens with zero attached hydrogens (tertiary/aromatic N) is 1. The molecule has 15 heteroatoms. The van der Waals surface area contributed by atoms with Gasteiger partial charge in [0.1, 0.15) is 10.5 Å². The minimum Gasteiger partial charge on any atom is -0.481 e. The molecule has 0 amide bonds. The van der Waals surface area contributed by atoms with Gasteiger partial charge in [-0.2, -0.15) is 16.8 Å². The lowest BCUT2D eigenvalue weighted by molar-refractivity contribution is -0.140. The molecule has 0 aliphatic carbocycles. The highest BCUT2D eigenvalue weighted by Gasteiger charge is 2.36. The molecule has 0 saturated carbocycles. The number of aliphatic hydroxyl groups excluding tert-OH is 2. The van der Waals surface area contributed by atoms with Gasteiger partial charge >= 0.3 is 11.9 Å². The maximum atomic E-state index is 11.2. The molecule has 0 bridgehead atoms. The van der Waals surface area contributed by atoms with Gasteiger partial charge in [0.25, 0.3) is 20.2 Å². The fourth-order valence-corrected chi connectivity index (χ4v) is 3.35. The van der Waals surface area contributed by atoms with Crippen molar-refractivity contribution in [2.45, 2.75) is 35.5 Å². The first-order valence-electron chi connectivity index (χ1n) is 6.51. The zero-order chi connectivity index (χ0) is 20.0. The van der Waals surface area contributed by atoms with E-state index >= 15 is 0 Å². The maximum absolute atomic E-state index is 11.2. The largest absolute Gasteiger partial charge is 0.481 e. The van der Waals surface area contributed by atoms with Crippen molar-refractivity contribution in [1.29, 1.82) is 0 Å². The molecule has 0 aromatic carbocycles. The summed E-state index contributed by atoms with van der Waals surface area (Å²) in [6.45, 7) is -1.92. The van der Waals surface area contributed by atoms with Gasteiger partial charge in [-0.25, -0.2) is 5.32 Å². The van der Waals surface area contributed by atoms with E-state index in [4.69, 9.17) is 19.3 Å². The SMILES string of the molecule is O=C(O)CC(O)C(C[N]CC(C(O)CC(=O)O)S(=O)(=O)O)S(=O)(=O)O. The zero-order valence-electron chi connectivity index (χ0n) is 12.5. The minimum atomic E-state index is -4.96. The van der Waals surface area contributed by atoms with Crippen molar-refractivity contribution in [1.82, 2.24) is 5.32 Å². The van der Waals surface area contributed by atoms with Crippen molar-refractivity contribution in [3.8, 4) is 0 Å². The third kappa shape index (κ3) is 9.05. The van der Waals surface area contributed by atoms with E-state index in [2.05, 4.69) is 5.32 Å². The molecule has 0 saturated heterocycles. The normalized spacial score (nSPS) is 17.4. The van der Waals surface area contributed by atoms with Crippen molar-refractivity contribution >= 4 is 32.2 Å². The Hall–Kier alpha value is -1.36. The topological polar surface area (TPSA) is 238 Å². The Morgan fingerprint density at radius 3 is 1.24 bits per heavy atom. The molecule has 0 heterocycles. The minimum absolute atomic E-state index is 0.959. The van der Waals surface area contributed by atoms with Gasteiger partial charge in [0.15, 0.2) is 0 Å². The van der Waals surface area contributed by atoms with E-state index in [1.54, 1.807) is 0 Å². The van der Waals surface area contributed by atoms with E-state index in [-0.39, 0.29) is 0 Å². The zero-order valence-corrected chi connectivity index (χ0v) is 14.2. The molecule has 0 aliphatic rings. The van der Waals surface area contributed by atoms with E-state index in [0.717, 1.165) is 0 Å². The van der Waals surface area contributed by atoms with Gasteiger partial charge in [-0.3, -0.25) is 18.7 Å². The van der Waals surface area contributed by atoms with Crippen molar-refractivity contribution in [2.75, 3.05) is 13.1 Å². The Balaban J connectivity index is 5.08. The molecule has 13 nitrogen and oxygen atoms in total. The monoisotopic (exact) mass is 408 g/mol. The molecule has 0 fully saturated rings. The molecule has 0 aromatic heterocycles. The van der Waals surface area contributed by atoms with Crippen LogP contribution in [0.25, 0.3) is 0 Å². The number of rotatable bonds is 12. The third-order valence-corrected chi connectivity index (χ3v) is 5.47. The van der Waals surface area contributed by atoms with Crippen LogP contribution in [0.5, 0.6) is 0 Å². The number of carboxylic acids is 2. The summed E-state index contributed by atoms with van der Waals surface area (Å²) in [7, 11) is -9.92. The lowest BCUT2D eigenvalue weighted by atomic mass is 10.1. The molecule has 0 aliphatic heterocycles. The molecule has 25 heavy (non-hydrogen) atoms. The van der Waals surface area contributed by atoms with Crippen LogP contribution in [0.1, 0.15) is 12.8 Å². The number of aliphatic hydroxyl groups is 2. The second-order valence-corrected chi connectivity index (χ2v) is 8.30. The first-order valence-corrected chi connectivity index (χ1v) is 9.52. The number of aliphatic carboxylic acids is 2. The highest BCUT2D eigenvalue weighted by atomic mass is 32.2. The summed E-state index contributed by atoms with van der Waals surface area (Å²) in [5.74, 6) is -3.15. The van der Waals surface area contributed by atoms with Gasteiger partial charge in [-0.1, -0.05) is 0 Å². The van der Waals surface area contributed by atoms with Crippen LogP contribution in [0.2, 0.25) is 0 Å². The predicted octanol–water partition coefficient (Wildman–Crippen LogP) is -3.23. The van der Waals surface area contributed by atoms with Gasteiger partial charge in [0, 0.05) is 13.1 Å². The summed E-state index contributed by atoms with van der Waals surface area (Å²) >= 11 is 0. The van der Waals surface area contributed by atoms with Gasteiger partial charge < -0.3 is 20.4 Å². The molecule has 0 aromatic rings. The van der Waals surface area contributed by atoms with Gasteiger partial charge in [0.05, 0.1) is 25.0 Å². The highest BCUT2D eigenvalue weighted by molar-refractivity contribution is 7.86. The Labute approximate surface area is 142 Å². The second-order valence-electron chi connectivity index (χ2n) is 5.03. The Bertz CT molecular complexity index is 614. The van der Waals surface area contributed by atoms with Crippen molar-refractivity contribution in [3.63, 3.8) is 0 Å². The van der Waals surface area contributed by atoms with Crippen LogP contribution in [0.15, 0.2) is 0 Å². The van der Waals surface area contributed by atoms with Crippen molar-refractivity contribution in [2.24, 2.45) is 0 Å².